The number of rotatable bonds is 4. The molecule has 1 rings (SSSR count). The normalized spacial score (nSPS) is 11.3. The van der Waals surface area contributed by atoms with Crippen LogP contribution >= 0.6 is 0 Å². The fourth-order valence-corrected chi connectivity index (χ4v) is 1.42. The maximum absolute atomic E-state index is 12.2. The van der Waals surface area contributed by atoms with Crippen LogP contribution in [0.3, 0.4) is 0 Å². The molecule has 16 heavy (non-hydrogen) atoms. The first kappa shape index (κ1) is 12.7. The molecule has 0 N–H and O–H groups in total. The van der Waals surface area contributed by atoms with Crippen molar-refractivity contribution in [2.75, 3.05) is 14.2 Å². The summed E-state index contributed by atoms with van der Waals surface area (Å²) in [6.45, 7) is 5.43. The lowest BCUT2D eigenvalue weighted by Gasteiger charge is -2.22. The maximum atomic E-state index is 12.2. The third-order valence-corrected chi connectivity index (χ3v) is 2.66. The number of Topliss-reactive ketones (excluding diaryl/α,β-unsaturated/α-hetero) is 1. The lowest BCUT2D eigenvalue weighted by Crippen LogP contribution is -2.34. The molecule has 0 unspecified atom stereocenters. The van der Waals surface area contributed by atoms with E-state index >= 15 is 0 Å². The van der Waals surface area contributed by atoms with Crippen molar-refractivity contribution in [1.82, 2.24) is 0 Å². The van der Waals surface area contributed by atoms with E-state index in [0.29, 0.717) is 11.3 Å². The van der Waals surface area contributed by atoms with E-state index in [-0.39, 0.29) is 5.78 Å². The standard InChI is InChI=1S/C13H18O3/c1-9-6-7-11(15-4)10(8-9)12(14)13(2,3)16-5/h6-8H,1-5H3. The molecule has 1 aromatic carbocycles. The Balaban J connectivity index is 3.21. The molecule has 0 aliphatic carbocycles. The van der Waals surface area contributed by atoms with Crippen LogP contribution in [0.15, 0.2) is 18.2 Å². The van der Waals surface area contributed by atoms with Gasteiger partial charge in [0, 0.05) is 7.11 Å². The van der Waals surface area contributed by atoms with Gasteiger partial charge in [0.2, 0.25) is 0 Å². The van der Waals surface area contributed by atoms with Crippen molar-refractivity contribution in [3.8, 4) is 5.75 Å². The first-order valence-corrected chi connectivity index (χ1v) is 5.17. The summed E-state index contributed by atoms with van der Waals surface area (Å²) < 4.78 is 10.4. The van der Waals surface area contributed by atoms with Crippen LogP contribution in [0, 0.1) is 6.92 Å². The van der Waals surface area contributed by atoms with Gasteiger partial charge in [-0.05, 0) is 32.9 Å². The molecule has 0 amide bonds. The number of hydrogen-bond acceptors (Lipinski definition) is 3. The van der Waals surface area contributed by atoms with Gasteiger partial charge in [0.25, 0.3) is 0 Å². The second-order valence-corrected chi connectivity index (χ2v) is 4.25. The fraction of sp³-hybridized carbons (Fsp3) is 0.462. The Kier molecular flexibility index (Phi) is 3.70. The predicted molar refractivity (Wildman–Crippen MR) is 63.1 cm³/mol. The van der Waals surface area contributed by atoms with Gasteiger partial charge in [-0.25, -0.2) is 0 Å². The van der Waals surface area contributed by atoms with Crippen LogP contribution in [0.5, 0.6) is 5.75 Å². The number of ether oxygens (including phenoxy) is 2. The highest BCUT2D eigenvalue weighted by molar-refractivity contribution is 6.04. The third-order valence-electron chi connectivity index (χ3n) is 2.66. The minimum Gasteiger partial charge on any atom is -0.496 e. The summed E-state index contributed by atoms with van der Waals surface area (Å²) in [5.74, 6) is 0.510. The Hall–Kier alpha value is -1.35. The van der Waals surface area contributed by atoms with Crippen LogP contribution in [-0.2, 0) is 4.74 Å². The molecule has 0 aliphatic heterocycles. The van der Waals surface area contributed by atoms with E-state index in [9.17, 15) is 4.79 Å². The number of carbonyl (C=O) groups excluding carboxylic acids is 1. The molecular formula is C13H18O3. The van der Waals surface area contributed by atoms with Crippen molar-refractivity contribution in [2.24, 2.45) is 0 Å². The molecule has 0 spiro atoms. The van der Waals surface area contributed by atoms with Crippen molar-refractivity contribution in [1.29, 1.82) is 0 Å². The Morgan fingerprint density at radius 2 is 1.88 bits per heavy atom. The Labute approximate surface area is 96.4 Å². The minimum atomic E-state index is -0.832. The Bertz CT molecular complexity index is 394. The molecule has 1 aromatic rings. The Morgan fingerprint density at radius 3 is 2.38 bits per heavy atom. The van der Waals surface area contributed by atoms with Gasteiger partial charge < -0.3 is 9.47 Å². The van der Waals surface area contributed by atoms with Crippen molar-refractivity contribution >= 4 is 5.78 Å². The molecule has 0 aliphatic rings. The number of ketones is 1. The highest BCUT2D eigenvalue weighted by atomic mass is 16.5. The number of methoxy groups -OCH3 is 2. The molecule has 0 aromatic heterocycles. The Morgan fingerprint density at radius 1 is 1.25 bits per heavy atom. The van der Waals surface area contributed by atoms with Crippen LogP contribution in [0.2, 0.25) is 0 Å². The van der Waals surface area contributed by atoms with Crippen LogP contribution in [0.1, 0.15) is 29.8 Å². The molecule has 0 atom stereocenters. The average Bonchev–Trinajstić information content (AvgIpc) is 2.28. The van der Waals surface area contributed by atoms with E-state index in [0.717, 1.165) is 5.56 Å². The SMILES string of the molecule is COc1ccc(C)cc1C(=O)C(C)(C)OC. The molecule has 0 fully saturated rings. The third kappa shape index (κ3) is 2.42. The zero-order chi connectivity index (χ0) is 12.3. The van der Waals surface area contributed by atoms with Crippen LogP contribution < -0.4 is 4.74 Å². The lowest BCUT2D eigenvalue weighted by molar-refractivity contribution is 0.0226. The van der Waals surface area contributed by atoms with Crippen LogP contribution in [0.25, 0.3) is 0 Å². The predicted octanol–water partition coefficient (Wildman–Crippen LogP) is 2.61. The molecule has 0 saturated carbocycles. The van der Waals surface area contributed by atoms with Gasteiger partial charge in [0.1, 0.15) is 11.4 Å². The molecule has 88 valence electrons. The van der Waals surface area contributed by atoms with Gasteiger partial charge in [0.05, 0.1) is 12.7 Å². The number of aryl methyl sites for hydroxylation is 1. The van der Waals surface area contributed by atoms with Crippen molar-refractivity contribution in [3.63, 3.8) is 0 Å². The van der Waals surface area contributed by atoms with Gasteiger partial charge in [-0.1, -0.05) is 11.6 Å². The average molecular weight is 222 g/mol. The summed E-state index contributed by atoms with van der Waals surface area (Å²) >= 11 is 0. The molecular weight excluding hydrogens is 204 g/mol. The highest BCUT2D eigenvalue weighted by Crippen LogP contribution is 2.25. The van der Waals surface area contributed by atoms with Crippen molar-refractivity contribution in [2.45, 2.75) is 26.4 Å². The topological polar surface area (TPSA) is 35.5 Å². The second kappa shape index (κ2) is 4.66. The van der Waals surface area contributed by atoms with E-state index in [1.807, 2.05) is 19.1 Å². The summed E-state index contributed by atoms with van der Waals surface area (Å²) in [6, 6.07) is 5.53. The number of benzene rings is 1. The van der Waals surface area contributed by atoms with Gasteiger partial charge in [-0.3, -0.25) is 4.79 Å². The molecule has 0 saturated heterocycles. The van der Waals surface area contributed by atoms with Gasteiger partial charge >= 0.3 is 0 Å². The zero-order valence-corrected chi connectivity index (χ0v) is 10.5. The smallest absolute Gasteiger partial charge is 0.197 e. The summed E-state index contributed by atoms with van der Waals surface area (Å²) in [5, 5.41) is 0. The largest absolute Gasteiger partial charge is 0.496 e. The molecule has 0 radical (unpaired) electrons. The van der Waals surface area contributed by atoms with E-state index < -0.39 is 5.60 Å². The summed E-state index contributed by atoms with van der Waals surface area (Å²) in [4.78, 5) is 12.2. The zero-order valence-electron chi connectivity index (χ0n) is 10.5. The monoisotopic (exact) mass is 222 g/mol. The highest BCUT2D eigenvalue weighted by Gasteiger charge is 2.30. The summed E-state index contributed by atoms with van der Waals surface area (Å²) in [6.07, 6.45) is 0. The van der Waals surface area contributed by atoms with E-state index in [1.165, 1.54) is 7.11 Å². The molecule has 3 heteroatoms. The summed E-state index contributed by atoms with van der Waals surface area (Å²) in [5.41, 5.74) is 0.756. The number of hydrogen-bond donors (Lipinski definition) is 0. The van der Waals surface area contributed by atoms with E-state index in [4.69, 9.17) is 9.47 Å². The summed E-state index contributed by atoms with van der Waals surface area (Å²) in [7, 11) is 3.08. The van der Waals surface area contributed by atoms with E-state index in [2.05, 4.69) is 0 Å². The van der Waals surface area contributed by atoms with Gasteiger partial charge in [-0.2, -0.15) is 0 Å². The fourth-order valence-electron chi connectivity index (χ4n) is 1.42. The van der Waals surface area contributed by atoms with Gasteiger partial charge in [-0.15, -0.1) is 0 Å². The van der Waals surface area contributed by atoms with Gasteiger partial charge in [0.15, 0.2) is 5.78 Å². The first-order valence-electron chi connectivity index (χ1n) is 5.17. The maximum Gasteiger partial charge on any atom is 0.197 e. The molecule has 0 bridgehead atoms. The van der Waals surface area contributed by atoms with Crippen molar-refractivity contribution in [3.05, 3.63) is 29.3 Å². The van der Waals surface area contributed by atoms with E-state index in [1.54, 1.807) is 27.0 Å². The van der Waals surface area contributed by atoms with Crippen LogP contribution in [0.4, 0.5) is 0 Å². The molecule has 0 heterocycles. The quantitative estimate of drug-likeness (QED) is 0.734. The van der Waals surface area contributed by atoms with Crippen LogP contribution in [-0.4, -0.2) is 25.6 Å². The lowest BCUT2D eigenvalue weighted by atomic mass is 9.95. The molecule has 3 nitrogen and oxygen atoms in total. The van der Waals surface area contributed by atoms with Crippen molar-refractivity contribution < 1.29 is 14.3 Å². The first-order chi connectivity index (χ1) is 7.42. The number of carbonyl (C=O) groups is 1. The minimum absolute atomic E-state index is 0.0736. The second-order valence-electron chi connectivity index (χ2n) is 4.25.